The van der Waals surface area contributed by atoms with Crippen LogP contribution in [0.25, 0.3) is 11.1 Å². The van der Waals surface area contributed by atoms with Crippen molar-refractivity contribution < 1.29 is 29.0 Å². The first-order valence-electron chi connectivity index (χ1n) is 10.1. The van der Waals surface area contributed by atoms with E-state index in [4.69, 9.17) is 9.79 Å². The lowest BCUT2D eigenvalue weighted by atomic mass is 10.0. The minimum Gasteiger partial charge on any atom is -0.480 e. The second kappa shape index (κ2) is 11.8. The molecule has 0 aliphatic carbocycles. The fourth-order valence-electron chi connectivity index (χ4n) is 3.14. The van der Waals surface area contributed by atoms with E-state index >= 15 is 0 Å². The first-order valence-corrected chi connectivity index (χ1v) is 11.9. The Balaban J connectivity index is 2.05. The van der Waals surface area contributed by atoms with Gasteiger partial charge in [0.2, 0.25) is 5.91 Å². The first kappa shape index (κ1) is 24.8. The maximum absolute atomic E-state index is 12.6. The lowest BCUT2D eigenvalue weighted by Crippen LogP contribution is -2.51. The predicted octanol–water partition coefficient (Wildman–Crippen LogP) is 2.75. The van der Waals surface area contributed by atoms with Gasteiger partial charge in [0.15, 0.2) is 0 Å². The second-order valence-corrected chi connectivity index (χ2v) is 9.03. The molecule has 0 unspecified atom stereocenters. The average Bonchev–Trinajstić information content (AvgIpc) is 2.73. The third kappa shape index (κ3) is 8.63. The highest BCUT2D eigenvalue weighted by Gasteiger charge is 2.27. The number of carbonyl (C=O) groups excluding carboxylic acids is 1. The number of carboxylic acids is 1. The maximum Gasteiger partial charge on any atom is 0.339 e. The zero-order valence-corrected chi connectivity index (χ0v) is 18.3. The van der Waals surface area contributed by atoms with Gasteiger partial charge >= 0.3 is 13.6 Å². The van der Waals surface area contributed by atoms with Crippen molar-refractivity contribution in [2.45, 2.75) is 44.7 Å². The minimum atomic E-state index is -4.34. The summed E-state index contributed by atoms with van der Waals surface area (Å²) in [6.45, 7) is 1.93. The van der Waals surface area contributed by atoms with Gasteiger partial charge in [-0.1, -0.05) is 74.4 Å². The number of carboxylic acid groups (broad SMARTS) is 1. The SMILES string of the molecule is CCCC[C@H](NCP(=O)(O)O)C(=O)N[C@@H](Cc1ccc(-c2ccccc2)cc1)C(=O)O. The number of aliphatic carboxylic acids is 1. The molecule has 1 amide bonds. The van der Waals surface area contributed by atoms with Crippen molar-refractivity contribution in [3.05, 3.63) is 60.2 Å². The van der Waals surface area contributed by atoms with E-state index in [0.717, 1.165) is 23.1 Å². The van der Waals surface area contributed by atoms with Crippen LogP contribution < -0.4 is 10.6 Å². The summed E-state index contributed by atoms with van der Waals surface area (Å²) in [5.74, 6) is -1.76. The fourth-order valence-corrected chi connectivity index (χ4v) is 3.59. The van der Waals surface area contributed by atoms with Crippen LogP contribution in [-0.2, 0) is 20.6 Å². The molecule has 0 bridgehead atoms. The van der Waals surface area contributed by atoms with E-state index in [1.807, 2.05) is 61.5 Å². The Bertz CT molecular complexity index is 898. The van der Waals surface area contributed by atoms with Crippen molar-refractivity contribution in [1.29, 1.82) is 0 Å². The van der Waals surface area contributed by atoms with E-state index in [2.05, 4.69) is 10.6 Å². The maximum atomic E-state index is 12.6. The molecule has 0 saturated carbocycles. The van der Waals surface area contributed by atoms with Gasteiger partial charge in [-0.2, -0.15) is 0 Å². The Hall–Kier alpha value is -2.51. The number of hydrogen-bond donors (Lipinski definition) is 5. The topological polar surface area (TPSA) is 136 Å². The molecule has 0 saturated heterocycles. The van der Waals surface area contributed by atoms with Crippen LogP contribution in [0.4, 0.5) is 0 Å². The van der Waals surface area contributed by atoms with Gasteiger partial charge in [0.05, 0.1) is 12.3 Å². The van der Waals surface area contributed by atoms with Crippen molar-refractivity contribution in [3.63, 3.8) is 0 Å². The van der Waals surface area contributed by atoms with E-state index in [0.29, 0.717) is 12.8 Å². The van der Waals surface area contributed by atoms with Gasteiger partial charge in [-0.25, -0.2) is 4.79 Å². The molecule has 2 rings (SSSR count). The lowest BCUT2D eigenvalue weighted by molar-refractivity contribution is -0.142. The quantitative estimate of drug-likeness (QED) is 0.315. The molecule has 0 fully saturated rings. The molecule has 31 heavy (non-hydrogen) atoms. The Labute approximate surface area is 181 Å². The highest BCUT2D eigenvalue weighted by molar-refractivity contribution is 7.51. The van der Waals surface area contributed by atoms with Crippen LogP contribution in [0.1, 0.15) is 31.7 Å². The standard InChI is InChI=1S/C22H29N2O6P/c1-2-3-9-19(23-15-31(28,29)30)21(25)24-20(22(26)27)14-16-10-12-18(13-11-16)17-7-5-4-6-8-17/h4-8,10-13,19-20,23H,2-3,9,14-15H2,1H3,(H,24,25)(H,26,27)(H2,28,29,30)/t19-,20-/m0/s1. The molecule has 0 aliphatic rings. The van der Waals surface area contributed by atoms with Crippen LogP contribution in [-0.4, -0.2) is 45.1 Å². The fraction of sp³-hybridized carbons (Fsp3) is 0.364. The van der Waals surface area contributed by atoms with Crippen LogP contribution in [0, 0.1) is 0 Å². The monoisotopic (exact) mass is 448 g/mol. The van der Waals surface area contributed by atoms with Crippen LogP contribution in [0.15, 0.2) is 54.6 Å². The number of hydrogen-bond acceptors (Lipinski definition) is 4. The smallest absolute Gasteiger partial charge is 0.339 e. The van der Waals surface area contributed by atoms with Gasteiger partial charge in [-0.15, -0.1) is 0 Å². The van der Waals surface area contributed by atoms with E-state index in [-0.39, 0.29) is 6.42 Å². The molecule has 168 valence electrons. The molecular formula is C22H29N2O6P. The van der Waals surface area contributed by atoms with Gasteiger partial charge < -0.3 is 20.2 Å². The Morgan fingerprint density at radius 1 is 0.968 bits per heavy atom. The molecule has 2 atom stereocenters. The summed E-state index contributed by atoms with van der Waals surface area (Å²) >= 11 is 0. The van der Waals surface area contributed by atoms with Crippen molar-refractivity contribution >= 4 is 19.5 Å². The summed E-state index contributed by atoms with van der Waals surface area (Å²) in [7, 11) is -4.34. The number of amides is 1. The van der Waals surface area contributed by atoms with Crippen LogP contribution >= 0.6 is 7.60 Å². The van der Waals surface area contributed by atoms with Crippen molar-refractivity contribution in [1.82, 2.24) is 10.6 Å². The van der Waals surface area contributed by atoms with E-state index in [1.54, 1.807) is 0 Å². The second-order valence-electron chi connectivity index (χ2n) is 7.39. The van der Waals surface area contributed by atoms with Crippen LogP contribution in [0.5, 0.6) is 0 Å². The molecule has 2 aromatic rings. The highest BCUT2D eigenvalue weighted by atomic mass is 31.2. The molecule has 0 spiro atoms. The average molecular weight is 448 g/mol. The lowest BCUT2D eigenvalue weighted by Gasteiger charge is -2.22. The minimum absolute atomic E-state index is 0.0924. The summed E-state index contributed by atoms with van der Waals surface area (Å²) in [4.78, 5) is 42.5. The van der Waals surface area contributed by atoms with Gasteiger partial charge in [-0.3, -0.25) is 14.7 Å². The molecule has 2 aromatic carbocycles. The molecule has 0 aliphatic heterocycles. The summed E-state index contributed by atoms with van der Waals surface area (Å²) in [6, 6.07) is 15.2. The molecule has 9 heteroatoms. The van der Waals surface area contributed by atoms with E-state index < -0.39 is 37.8 Å². The Morgan fingerprint density at radius 3 is 2.13 bits per heavy atom. The Kier molecular flexibility index (Phi) is 9.40. The number of nitrogens with one attached hydrogen (secondary N) is 2. The molecule has 0 radical (unpaired) electrons. The molecule has 0 heterocycles. The molecular weight excluding hydrogens is 419 g/mol. The highest BCUT2D eigenvalue weighted by Crippen LogP contribution is 2.32. The third-order valence-electron chi connectivity index (χ3n) is 4.82. The first-order chi connectivity index (χ1) is 14.7. The molecule has 5 N–H and O–H groups in total. The van der Waals surface area contributed by atoms with Crippen molar-refractivity contribution in [2.24, 2.45) is 0 Å². The van der Waals surface area contributed by atoms with Crippen LogP contribution in [0.2, 0.25) is 0 Å². The zero-order chi connectivity index (χ0) is 22.9. The molecule has 0 aromatic heterocycles. The van der Waals surface area contributed by atoms with Gasteiger partial charge in [-0.05, 0) is 23.1 Å². The van der Waals surface area contributed by atoms with Gasteiger partial charge in [0, 0.05) is 6.42 Å². The number of benzene rings is 2. The number of unbranched alkanes of at least 4 members (excludes halogenated alkanes) is 1. The van der Waals surface area contributed by atoms with Gasteiger partial charge in [0.25, 0.3) is 0 Å². The van der Waals surface area contributed by atoms with Crippen molar-refractivity contribution in [2.75, 3.05) is 6.29 Å². The largest absolute Gasteiger partial charge is 0.480 e. The summed E-state index contributed by atoms with van der Waals surface area (Å²) < 4.78 is 11.1. The number of carbonyl (C=O) groups is 2. The van der Waals surface area contributed by atoms with Gasteiger partial charge in [0.1, 0.15) is 6.04 Å². The van der Waals surface area contributed by atoms with E-state index in [9.17, 15) is 19.3 Å². The Morgan fingerprint density at radius 2 is 1.58 bits per heavy atom. The van der Waals surface area contributed by atoms with Crippen molar-refractivity contribution in [3.8, 4) is 11.1 Å². The summed E-state index contributed by atoms with van der Waals surface area (Å²) in [6.07, 6.45) is 1.24. The predicted molar refractivity (Wildman–Crippen MR) is 119 cm³/mol. The third-order valence-corrected chi connectivity index (χ3v) is 5.42. The normalized spacial score (nSPS) is 13.4. The summed E-state index contributed by atoms with van der Waals surface area (Å²) in [5, 5.41) is 14.6. The van der Waals surface area contributed by atoms with E-state index in [1.165, 1.54) is 0 Å². The van der Waals surface area contributed by atoms with Crippen LogP contribution in [0.3, 0.4) is 0 Å². The molecule has 8 nitrogen and oxygen atoms in total. The summed E-state index contributed by atoms with van der Waals surface area (Å²) in [5.41, 5.74) is 2.80. The zero-order valence-electron chi connectivity index (χ0n) is 17.4. The number of rotatable bonds is 12.